The second-order valence-electron chi connectivity index (χ2n) is 5.22. The normalized spacial score (nSPS) is 14.1. The molecule has 5 nitrogen and oxygen atoms in total. The Balaban J connectivity index is 1.82. The van der Waals surface area contributed by atoms with Crippen LogP contribution in [-0.2, 0) is 6.54 Å². The zero-order valence-electron chi connectivity index (χ0n) is 11.2. The van der Waals surface area contributed by atoms with E-state index in [1.165, 1.54) is 6.07 Å². The van der Waals surface area contributed by atoms with Gasteiger partial charge in [-0.1, -0.05) is 12.1 Å². The first-order valence-electron chi connectivity index (χ1n) is 6.68. The van der Waals surface area contributed by atoms with Crippen molar-refractivity contribution in [3.05, 3.63) is 62.4 Å². The number of rotatable bonds is 5. The number of nitrogens with zero attached hydrogens (tertiary/aromatic N) is 2. The molecule has 0 radical (unpaired) electrons. The highest BCUT2D eigenvalue weighted by atomic mass is 79.9. The molecule has 1 fully saturated rings. The maximum atomic E-state index is 12.0. The highest BCUT2D eigenvalue weighted by Crippen LogP contribution is 2.33. The molecule has 0 aliphatic heterocycles. The van der Waals surface area contributed by atoms with Gasteiger partial charge in [0.05, 0.1) is 4.92 Å². The van der Waals surface area contributed by atoms with Crippen LogP contribution in [0.5, 0.6) is 0 Å². The average molecular weight is 349 g/mol. The predicted molar refractivity (Wildman–Crippen MR) is 81.4 cm³/mol. The molecule has 1 aromatic heterocycles. The number of nitro groups is 1. The van der Waals surface area contributed by atoms with Gasteiger partial charge in [-0.2, -0.15) is 0 Å². The third-order valence-corrected chi connectivity index (χ3v) is 4.51. The Bertz CT molecular complexity index is 719. The van der Waals surface area contributed by atoms with E-state index in [0.717, 1.165) is 24.0 Å². The van der Waals surface area contributed by atoms with Crippen LogP contribution in [0.15, 0.2) is 41.1 Å². The number of carbonyl (C=O) groups excluding carboxylic acids is 1. The van der Waals surface area contributed by atoms with Crippen LogP contribution in [-0.4, -0.2) is 15.3 Å². The molecular formula is C15H13BrN2O3. The van der Waals surface area contributed by atoms with Gasteiger partial charge in [0.1, 0.15) is 4.47 Å². The molecule has 6 heteroatoms. The van der Waals surface area contributed by atoms with Crippen molar-refractivity contribution in [3.8, 4) is 0 Å². The van der Waals surface area contributed by atoms with Crippen molar-refractivity contribution in [2.75, 3.05) is 0 Å². The number of Topliss-reactive ketones (excluding diaryl/α,β-unsaturated/α-hetero) is 1. The molecule has 1 aliphatic rings. The second-order valence-corrected chi connectivity index (χ2v) is 6.01. The maximum absolute atomic E-state index is 12.0. The lowest BCUT2D eigenvalue weighted by molar-refractivity contribution is -0.385. The summed E-state index contributed by atoms with van der Waals surface area (Å²) in [6.45, 7) is 0.486. The van der Waals surface area contributed by atoms with E-state index in [9.17, 15) is 14.9 Å². The van der Waals surface area contributed by atoms with Crippen molar-refractivity contribution in [2.24, 2.45) is 5.92 Å². The molecular weight excluding hydrogens is 336 g/mol. The molecule has 1 heterocycles. The van der Waals surface area contributed by atoms with Gasteiger partial charge in [-0.05, 0) is 40.4 Å². The number of benzene rings is 1. The van der Waals surface area contributed by atoms with Crippen molar-refractivity contribution < 1.29 is 9.72 Å². The van der Waals surface area contributed by atoms with Gasteiger partial charge in [0.15, 0.2) is 5.78 Å². The summed E-state index contributed by atoms with van der Waals surface area (Å²) in [5.74, 6) is 0.400. The summed E-state index contributed by atoms with van der Waals surface area (Å²) in [7, 11) is 0. The summed E-state index contributed by atoms with van der Waals surface area (Å²) in [5.41, 5.74) is 1.58. The van der Waals surface area contributed by atoms with Crippen LogP contribution in [0.2, 0.25) is 0 Å². The number of hydrogen-bond acceptors (Lipinski definition) is 3. The van der Waals surface area contributed by atoms with Crippen molar-refractivity contribution >= 4 is 27.4 Å². The van der Waals surface area contributed by atoms with E-state index in [4.69, 9.17) is 0 Å². The first-order chi connectivity index (χ1) is 10.1. The zero-order chi connectivity index (χ0) is 15.0. The van der Waals surface area contributed by atoms with E-state index in [0.29, 0.717) is 11.0 Å². The summed E-state index contributed by atoms with van der Waals surface area (Å²) in [6.07, 6.45) is 5.62. The monoisotopic (exact) mass is 348 g/mol. The number of aromatic nitrogens is 1. The SMILES string of the molecule is O=C(c1ccn(Cc2cccc([N+](=O)[O-])c2Br)c1)C1CC1. The topological polar surface area (TPSA) is 65.1 Å². The van der Waals surface area contributed by atoms with E-state index in [1.807, 2.05) is 29.1 Å². The Morgan fingerprint density at radius 3 is 2.81 bits per heavy atom. The molecule has 1 saturated carbocycles. The molecule has 108 valence electrons. The minimum Gasteiger partial charge on any atom is -0.349 e. The highest BCUT2D eigenvalue weighted by Gasteiger charge is 2.30. The zero-order valence-corrected chi connectivity index (χ0v) is 12.7. The first-order valence-corrected chi connectivity index (χ1v) is 7.47. The summed E-state index contributed by atoms with van der Waals surface area (Å²) in [6, 6.07) is 6.77. The molecule has 1 aromatic carbocycles. The minimum absolute atomic E-state index is 0.0499. The Morgan fingerprint density at radius 1 is 1.38 bits per heavy atom. The molecule has 2 aromatic rings. The van der Waals surface area contributed by atoms with Crippen molar-refractivity contribution in [3.63, 3.8) is 0 Å². The van der Waals surface area contributed by atoms with Gasteiger partial charge in [0.2, 0.25) is 0 Å². The fourth-order valence-electron chi connectivity index (χ4n) is 2.29. The maximum Gasteiger partial charge on any atom is 0.283 e. The second kappa shape index (κ2) is 5.44. The highest BCUT2D eigenvalue weighted by molar-refractivity contribution is 9.10. The summed E-state index contributed by atoms with van der Waals surface area (Å²) in [4.78, 5) is 22.5. The molecule has 0 unspecified atom stereocenters. The van der Waals surface area contributed by atoms with E-state index < -0.39 is 4.92 Å². The van der Waals surface area contributed by atoms with Crippen LogP contribution in [0, 0.1) is 16.0 Å². The number of halogens is 1. The average Bonchev–Trinajstić information content (AvgIpc) is 3.20. The van der Waals surface area contributed by atoms with E-state index in [-0.39, 0.29) is 17.4 Å². The minimum atomic E-state index is -0.411. The lowest BCUT2D eigenvalue weighted by Gasteiger charge is -2.06. The summed E-state index contributed by atoms with van der Waals surface area (Å²) < 4.78 is 2.36. The van der Waals surface area contributed by atoms with Crippen molar-refractivity contribution in [1.82, 2.24) is 4.57 Å². The fourth-order valence-corrected chi connectivity index (χ4v) is 2.83. The molecule has 0 bridgehead atoms. The Labute approximate surface area is 129 Å². The van der Waals surface area contributed by atoms with E-state index in [2.05, 4.69) is 15.9 Å². The third kappa shape index (κ3) is 2.90. The molecule has 0 spiro atoms. The smallest absolute Gasteiger partial charge is 0.283 e. The van der Waals surface area contributed by atoms with E-state index in [1.54, 1.807) is 6.07 Å². The molecule has 1 aliphatic carbocycles. The van der Waals surface area contributed by atoms with Crippen LogP contribution >= 0.6 is 15.9 Å². The number of carbonyl (C=O) groups is 1. The van der Waals surface area contributed by atoms with Gasteiger partial charge in [-0.15, -0.1) is 0 Å². The van der Waals surface area contributed by atoms with Crippen LogP contribution in [0.25, 0.3) is 0 Å². The third-order valence-electron chi connectivity index (χ3n) is 3.59. The van der Waals surface area contributed by atoms with Gasteiger partial charge >= 0.3 is 0 Å². The van der Waals surface area contributed by atoms with Gasteiger partial charge < -0.3 is 4.57 Å². The van der Waals surface area contributed by atoms with Crippen LogP contribution in [0.4, 0.5) is 5.69 Å². The quantitative estimate of drug-likeness (QED) is 0.469. The number of nitro benzene ring substituents is 1. The van der Waals surface area contributed by atoms with Crippen LogP contribution < -0.4 is 0 Å². The lowest BCUT2D eigenvalue weighted by atomic mass is 10.1. The Hall–Kier alpha value is -1.95. The van der Waals surface area contributed by atoms with Crippen LogP contribution in [0.3, 0.4) is 0 Å². The van der Waals surface area contributed by atoms with Crippen molar-refractivity contribution in [2.45, 2.75) is 19.4 Å². The number of ketones is 1. The Morgan fingerprint density at radius 2 is 2.14 bits per heavy atom. The molecule has 0 amide bonds. The lowest BCUT2D eigenvalue weighted by Crippen LogP contribution is -2.02. The van der Waals surface area contributed by atoms with Gasteiger partial charge in [0, 0.05) is 36.5 Å². The van der Waals surface area contributed by atoms with E-state index >= 15 is 0 Å². The summed E-state index contributed by atoms with van der Waals surface area (Å²) >= 11 is 3.29. The van der Waals surface area contributed by atoms with Crippen molar-refractivity contribution in [1.29, 1.82) is 0 Å². The summed E-state index contributed by atoms with van der Waals surface area (Å²) in [5, 5.41) is 10.9. The molecule has 3 rings (SSSR count). The first kappa shape index (κ1) is 14.0. The van der Waals surface area contributed by atoms with Gasteiger partial charge in [-0.3, -0.25) is 14.9 Å². The molecule has 0 atom stereocenters. The number of hydrogen-bond donors (Lipinski definition) is 0. The molecule has 21 heavy (non-hydrogen) atoms. The predicted octanol–water partition coefficient (Wildman–Crippen LogP) is 3.80. The van der Waals surface area contributed by atoms with Crippen LogP contribution in [0.1, 0.15) is 28.8 Å². The Kier molecular flexibility index (Phi) is 3.63. The van der Waals surface area contributed by atoms with Gasteiger partial charge in [-0.25, -0.2) is 0 Å². The molecule has 0 N–H and O–H groups in total. The largest absolute Gasteiger partial charge is 0.349 e. The fraction of sp³-hybridized carbons (Fsp3) is 0.267. The van der Waals surface area contributed by atoms with Gasteiger partial charge in [0.25, 0.3) is 5.69 Å². The molecule has 0 saturated heterocycles. The standard InChI is InChI=1S/C15H13BrN2O3/c16-14-11(2-1-3-13(14)18(20)21)8-17-7-6-12(9-17)15(19)10-4-5-10/h1-3,6-7,9-10H,4-5,8H2.